The molecule has 2 nitrogen and oxygen atoms in total. The Morgan fingerprint density at radius 2 is 2.00 bits per heavy atom. The molecule has 0 N–H and O–H groups in total. The van der Waals surface area contributed by atoms with Crippen LogP contribution in [0.15, 0.2) is 0 Å². The minimum absolute atomic E-state index is 2.14. The summed E-state index contributed by atoms with van der Waals surface area (Å²) in [7, 11) is 2.16. The molecule has 4 heavy (non-hydrogen) atoms. The molecule has 0 atom stereocenters. The maximum absolute atomic E-state index is 8.88. The second-order valence-electron chi connectivity index (χ2n) is 0.207. The third-order valence-electron chi connectivity index (χ3n) is 0. The summed E-state index contributed by atoms with van der Waals surface area (Å²) in [6.45, 7) is 0. The predicted octanol–water partition coefficient (Wildman–Crippen LogP) is 0.368. The van der Waals surface area contributed by atoms with Crippen molar-refractivity contribution in [2.45, 2.75) is 0 Å². The molecule has 0 heterocycles. The average Bonchev–Trinajstić information content (AvgIpc) is 0.811. The molecule has 0 saturated carbocycles. The van der Waals surface area contributed by atoms with Gasteiger partial charge in [-0.1, -0.05) is 0 Å². The third-order valence-corrected chi connectivity index (χ3v) is 0. The lowest BCUT2D eigenvalue weighted by molar-refractivity contribution is 0.696. The summed E-state index contributed by atoms with van der Waals surface area (Å²) >= 11 is 0. The van der Waals surface area contributed by atoms with Crippen molar-refractivity contribution in [2.24, 2.45) is 0 Å². The van der Waals surface area contributed by atoms with Gasteiger partial charge in [0.1, 0.15) is 0 Å². The molecule has 0 fully saturated rings. The number of halogens is 1. The van der Waals surface area contributed by atoms with Crippen LogP contribution in [0.2, 0.25) is 0 Å². The summed E-state index contributed by atoms with van der Waals surface area (Å²) in [6.07, 6.45) is 0. The van der Waals surface area contributed by atoms with Crippen molar-refractivity contribution in [3.63, 3.8) is 0 Å². The molecule has 0 spiro atoms. The molecule has 0 aliphatic heterocycles. The van der Waals surface area contributed by atoms with Gasteiger partial charge in [0.15, 0.2) is 0 Å². The first kappa shape index (κ1) is 4.02. The van der Waals surface area contributed by atoms with E-state index in [-0.39, 0.29) is 0 Å². The predicted molar refractivity (Wildman–Crippen MR) is 15.7 cm³/mol. The molecule has 0 unspecified atom stereocenters. The van der Waals surface area contributed by atoms with E-state index in [0.29, 0.717) is 0 Å². The summed E-state index contributed by atoms with van der Waals surface area (Å²) in [4.78, 5) is 0. The Morgan fingerprint density at radius 1 is 2.00 bits per heavy atom. The molecule has 0 bridgehead atoms. The molecule has 4 heteroatoms. The van der Waals surface area contributed by atoms with Crippen LogP contribution in [0.4, 0.5) is 0 Å². The molecule has 0 aliphatic carbocycles. The van der Waals surface area contributed by atoms with Crippen LogP contribution >= 0.6 is 10.7 Å². The summed E-state index contributed by atoms with van der Waals surface area (Å²) in [5.74, 6) is 0. The Morgan fingerprint density at radius 3 is 2.00 bits per heavy atom. The lowest BCUT2D eigenvalue weighted by Gasteiger charge is -1.26. The normalized spacial score (nSPS) is 6.00. The maximum atomic E-state index is 8.88. The van der Waals surface area contributed by atoms with Gasteiger partial charge < -0.3 is 0 Å². The zero-order valence-corrected chi connectivity index (χ0v) is 3.21. The highest BCUT2D eigenvalue weighted by molar-refractivity contribution is 7.96. The minimum atomic E-state index is -2.14. The second-order valence-corrected chi connectivity index (χ2v) is 1.41. The summed E-state index contributed by atoms with van der Waals surface area (Å²) < 4.78 is 16.2. The van der Waals surface area contributed by atoms with Crippen LogP contribution in [0.5, 0.6) is 0 Å². The maximum Gasteiger partial charge on any atom is 0.260 e. The minimum Gasteiger partial charge on any atom is -0.178 e. The van der Waals surface area contributed by atoms with E-state index in [1.54, 1.807) is 0 Å². The van der Waals surface area contributed by atoms with E-state index < -0.39 is 9.64 Å². The van der Waals surface area contributed by atoms with Crippen LogP contribution in [0.3, 0.4) is 0 Å². The van der Waals surface area contributed by atoms with Crippen LogP contribution in [-0.4, -0.2) is 4.21 Å². The molecule has 0 aromatic carbocycles. The lowest BCUT2D eigenvalue weighted by Crippen LogP contribution is -1.29. The van der Waals surface area contributed by atoms with Crippen LogP contribution in [-0.2, 0) is 9.64 Å². The Balaban J connectivity index is 3.85. The van der Waals surface area contributed by atoms with E-state index in [1.807, 2.05) is 0 Å². The topological polar surface area (TPSA) is 40.9 Å². The quantitative estimate of drug-likeness (QED) is 0.410. The van der Waals surface area contributed by atoms with Crippen LogP contribution in [0, 0.1) is 4.61 Å². The highest BCUT2D eigenvalue weighted by Gasteiger charge is 1.47. The molecule has 0 amide bonds. The highest BCUT2D eigenvalue weighted by atomic mass is 35.7. The molecule has 0 radical (unpaired) electrons. The Hall–Kier alpha value is 0.0200. The van der Waals surface area contributed by atoms with Gasteiger partial charge in [0.25, 0.3) is 9.64 Å². The second kappa shape index (κ2) is 1.35. The lowest BCUT2D eigenvalue weighted by atomic mass is 14.0. The number of hydrogen-bond acceptors (Lipinski definition) is 2. The molecule has 0 rings (SSSR count). The van der Waals surface area contributed by atoms with Gasteiger partial charge in [0.05, 0.1) is 0 Å². The third kappa shape index (κ3) is 5250. The van der Waals surface area contributed by atoms with Gasteiger partial charge in [0, 0.05) is 10.7 Å². The van der Waals surface area contributed by atoms with E-state index in [0.717, 1.165) is 0 Å². The fourth-order valence-corrected chi connectivity index (χ4v) is 0. The number of hydrogen-bond donors (Lipinski definition) is 0. The van der Waals surface area contributed by atoms with Gasteiger partial charge in [-0.3, -0.25) is 0 Å². The molecule has 0 saturated heterocycles. The smallest absolute Gasteiger partial charge is 0.178 e. The van der Waals surface area contributed by atoms with E-state index >= 15 is 0 Å². The van der Waals surface area contributed by atoms with Gasteiger partial charge in [-0.05, 0) is 0 Å². The molecule has 0 aliphatic rings. The first-order valence-electron chi connectivity index (χ1n) is 0.504. The van der Waals surface area contributed by atoms with Crippen molar-refractivity contribution in [3.05, 3.63) is 0 Å². The van der Waals surface area contributed by atoms with E-state index in [9.17, 15) is 0 Å². The largest absolute Gasteiger partial charge is 0.260 e. The van der Waals surface area contributed by atoms with Crippen LogP contribution in [0.1, 0.15) is 0 Å². The Kier molecular flexibility index (Phi) is 1.36. The van der Waals surface area contributed by atoms with Crippen molar-refractivity contribution in [1.82, 2.24) is 0 Å². The Labute approximate surface area is 29.9 Å². The standard InChI is InChI=1S/ClNOS/c1-4(2)3. The summed E-state index contributed by atoms with van der Waals surface area (Å²) in [5.41, 5.74) is 0. The first-order valence-corrected chi connectivity index (χ1v) is 2.44. The fourth-order valence-electron chi connectivity index (χ4n) is 0. The van der Waals surface area contributed by atoms with E-state index in [4.69, 9.17) is 8.82 Å². The van der Waals surface area contributed by atoms with Crippen molar-refractivity contribution < 1.29 is 4.21 Å². The van der Waals surface area contributed by atoms with Crippen LogP contribution < -0.4 is 0 Å². The van der Waals surface area contributed by atoms with Crippen molar-refractivity contribution in [3.8, 4) is 0 Å². The monoisotopic (exact) mass is 96.9 g/mol. The molecule has 24 valence electrons. The van der Waals surface area contributed by atoms with Gasteiger partial charge in [-0.15, -0.1) is 4.61 Å². The van der Waals surface area contributed by atoms with E-state index in [2.05, 4.69) is 10.7 Å². The number of nitrogens with zero attached hydrogens (tertiary/aromatic N) is 1. The van der Waals surface area contributed by atoms with Crippen LogP contribution in [0.25, 0.3) is 0 Å². The molecular weight excluding hydrogens is 97.5 g/mol. The van der Waals surface area contributed by atoms with Crippen molar-refractivity contribution in [2.75, 3.05) is 0 Å². The Bertz CT molecular complexity index is 98.2. The van der Waals surface area contributed by atoms with Gasteiger partial charge in [-0.25, -0.2) is 0 Å². The van der Waals surface area contributed by atoms with Crippen molar-refractivity contribution in [1.29, 1.82) is 4.61 Å². The van der Waals surface area contributed by atoms with E-state index in [1.165, 1.54) is 0 Å². The zero-order valence-electron chi connectivity index (χ0n) is 1.64. The van der Waals surface area contributed by atoms with Gasteiger partial charge >= 0.3 is 0 Å². The first-order chi connectivity index (χ1) is 1.73. The highest BCUT2D eigenvalue weighted by Crippen LogP contribution is 1.59. The summed E-state index contributed by atoms with van der Waals surface area (Å²) in [6, 6.07) is 0. The summed E-state index contributed by atoms with van der Waals surface area (Å²) in [5, 5.41) is 0. The fraction of sp³-hybridized carbons (Fsp3) is 0. The van der Waals surface area contributed by atoms with Gasteiger partial charge in [-0.2, -0.15) is 4.21 Å². The average molecular weight is 97.5 g/mol. The van der Waals surface area contributed by atoms with Gasteiger partial charge in [0.2, 0.25) is 0 Å². The number of rotatable bonds is 0. The molecular formula is ClNOS. The zero-order chi connectivity index (χ0) is 3.58. The molecule has 0 aromatic heterocycles. The molecule has 0 aromatic rings. The SMILES string of the molecule is N#S(=O)Cl. The van der Waals surface area contributed by atoms with Crippen molar-refractivity contribution >= 4 is 20.3 Å².